The van der Waals surface area contributed by atoms with Crippen LogP contribution in [0.5, 0.6) is 0 Å². The fraction of sp³-hybridized carbons (Fsp3) is 0.214. The first-order valence-corrected chi connectivity index (χ1v) is 6.90. The van der Waals surface area contributed by atoms with Gasteiger partial charge in [-0.05, 0) is 52.3 Å². The highest BCUT2D eigenvalue weighted by Gasteiger charge is 2.24. The van der Waals surface area contributed by atoms with Crippen molar-refractivity contribution >= 4 is 33.2 Å². The Morgan fingerprint density at radius 1 is 1.21 bits per heavy atom. The van der Waals surface area contributed by atoms with Gasteiger partial charge in [-0.25, -0.2) is 0 Å². The van der Waals surface area contributed by atoms with E-state index in [1.807, 2.05) is 36.4 Å². The monoisotopic (exact) mass is 320 g/mol. The molecule has 0 bridgehead atoms. The molecule has 1 aliphatic heterocycles. The molecular formula is C14H13BrN2O2. The number of hydrogen-bond acceptors (Lipinski definition) is 3. The maximum atomic E-state index is 11.3. The molecule has 2 heterocycles. The van der Waals surface area contributed by atoms with Crippen molar-refractivity contribution in [2.75, 3.05) is 16.8 Å². The lowest BCUT2D eigenvalue weighted by Gasteiger charge is -2.30. The van der Waals surface area contributed by atoms with Crippen LogP contribution in [0.2, 0.25) is 0 Å². The van der Waals surface area contributed by atoms with E-state index >= 15 is 0 Å². The molecule has 0 aliphatic carbocycles. The Labute approximate surface area is 119 Å². The van der Waals surface area contributed by atoms with Gasteiger partial charge in [0.25, 0.3) is 0 Å². The molecule has 3 rings (SSSR count). The number of β-lactam (4-membered cyclic amide) rings is 1. The minimum absolute atomic E-state index is 0.196. The lowest BCUT2D eigenvalue weighted by Crippen LogP contribution is -2.43. The van der Waals surface area contributed by atoms with Crippen LogP contribution in [-0.4, -0.2) is 12.5 Å². The van der Waals surface area contributed by atoms with Gasteiger partial charge in [-0.3, -0.25) is 4.79 Å². The molecule has 1 fully saturated rings. The summed E-state index contributed by atoms with van der Waals surface area (Å²) in [5.41, 5.74) is 1.96. The van der Waals surface area contributed by atoms with E-state index in [4.69, 9.17) is 4.42 Å². The summed E-state index contributed by atoms with van der Waals surface area (Å²) in [7, 11) is 0. The maximum Gasteiger partial charge on any atom is 0.228 e. The highest BCUT2D eigenvalue weighted by molar-refractivity contribution is 9.10. The molecule has 0 saturated carbocycles. The van der Waals surface area contributed by atoms with Gasteiger partial charge in [0.15, 0.2) is 4.67 Å². The third kappa shape index (κ3) is 2.66. The van der Waals surface area contributed by atoms with Gasteiger partial charge in [-0.15, -0.1) is 0 Å². The van der Waals surface area contributed by atoms with Crippen molar-refractivity contribution in [2.45, 2.75) is 13.0 Å². The summed E-state index contributed by atoms with van der Waals surface area (Å²) < 4.78 is 6.14. The van der Waals surface area contributed by atoms with E-state index in [1.165, 1.54) is 0 Å². The lowest BCUT2D eigenvalue weighted by atomic mass is 10.1. The summed E-state index contributed by atoms with van der Waals surface area (Å²) >= 11 is 3.27. The maximum absolute atomic E-state index is 11.3. The molecule has 0 radical (unpaired) electrons. The normalized spacial score (nSPS) is 14.4. The number of furan rings is 1. The number of nitrogens with one attached hydrogen (secondary N) is 1. The molecule has 19 heavy (non-hydrogen) atoms. The molecule has 1 aromatic carbocycles. The van der Waals surface area contributed by atoms with Crippen LogP contribution in [0.25, 0.3) is 0 Å². The second-order valence-corrected chi connectivity index (χ2v) is 5.18. The predicted molar refractivity (Wildman–Crippen MR) is 77.1 cm³/mol. The van der Waals surface area contributed by atoms with Crippen LogP contribution in [0.1, 0.15) is 12.2 Å². The summed E-state index contributed by atoms with van der Waals surface area (Å²) in [6.07, 6.45) is 0.660. The summed E-state index contributed by atoms with van der Waals surface area (Å²) in [6.45, 7) is 1.46. The summed E-state index contributed by atoms with van der Waals surface area (Å²) in [4.78, 5) is 13.1. The molecule has 1 aliphatic rings. The van der Waals surface area contributed by atoms with Gasteiger partial charge in [0, 0.05) is 24.3 Å². The van der Waals surface area contributed by atoms with E-state index in [0.717, 1.165) is 28.3 Å². The van der Waals surface area contributed by atoms with Crippen LogP contribution in [-0.2, 0) is 11.3 Å². The fourth-order valence-corrected chi connectivity index (χ4v) is 2.32. The molecule has 1 aromatic heterocycles. The Bertz CT molecular complexity index is 592. The van der Waals surface area contributed by atoms with Crippen molar-refractivity contribution < 1.29 is 9.21 Å². The average molecular weight is 321 g/mol. The Morgan fingerprint density at radius 2 is 2.00 bits per heavy atom. The number of amides is 1. The minimum atomic E-state index is 0.196. The van der Waals surface area contributed by atoms with E-state index in [0.29, 0.717) is 13.0 Å². The highest BCUT2D eigenvalue weighted by atomic mass is 79.9. The second-order valence-electron chi connectivity index (χ2n) is 4.40. The van der Waals surface area contributed by atoms with E-state index in [2.05, 4.69) is 21.2 Å². The molecule has 1 N–H and O–H groups in total. The molecule has 1 saturated heterocycles. The Kier molecular flexibility index (Phi) is 3.29. The number of halogens is 1. The number of benzene rings is 1. The molecule has 1 amide bonds. The third-order valence-corrected chi connectivity index (χ3v) is 3.55. The first-order valence-electron chi connectivity index (χ1n) is 6.11. The van der Waals surface area contributed by atoms with Crippen LogP contribution >= 0.6 is 15.9 Å². The Balaban J connectivity index is 1.61. The van der Waals surface area contributed by atoms with Crippen molar-refractivity contribution in [3.8, 4) is 0 Å². The number of carbonyl (C=O) groups is 1. The lowest BCUT2D eigenvalue weighted by molar-refractivity contribution is -0.122. The zero-order chi connectivity index (χ0) is 13.2. The number of hydrogen-bond donors (Lipinski definition) is 1. The Hall–Kier alpha value is -1.75. The fourth-order valence-electron chi connectivity index (χ4n) is 1.98. The van der Waals surface area contributed by atoms with E-state index in [1.54, 1.807) is 4.90 Å². The zero-order valence-corrected chi connectivity index (χ0v) is 11.8. The van der Waals surface area contributed by atoms with Gasteiger partial charge < -0.3 is 14.6 Å². The Morgan fingerprint density at radius 3 is 2.53 bits per heavy atom. The highest BCUT2D eigenvalue weighted by Crippen LogP contribution is 2.24. The number of anilines is 2. The third-order valence-electron chi connectivity index (χ3n) is 3.12. The van der Waals surface area contributed by atoms with Crippen LogP contribution < -0.4 is 10.2 Å². The standard InChI is InChI=1S/C14H13BrN2O2/c15-13-6-5-12(19-13)9-16-10-1-3-11(4-2-10)17-8-7-14(17)18/h1-6,16H,7-9H2. The molecule has 2 aromatic rings. The van der Waals surface area contributed by atoms with Crippen molar-refractivity contribution in [3.05, 3.63) is 46.8 Å². The van der Waals surface area contributed by atoms with Gasteiger partial charge in [0.1, 0.15) is 5.76 Å². The average Bonchev–Trinajstić information content (AvgIpc) is 2.82. The van der Waals surface area contributed by atoms with E-state index < -0.39 is 0 Å². The van der Waals surface area contributed by atoms with Crippen LogP contribution in [0, 0.1) is 0 Å². The number of rotatable bonds is 4. The molecule has 5 heteroatoms. The molecule has 0 atom stereocenters. The molecular weight excluding hydrogens is 308 g/mol. The van der Waals surface area contributed by atoms with Crippen molar-refractivity contribution in [1.29, 1.82) is 0 Å². The van der Waals surface area contributed by atoms with Gasteiger partial charge in [-0.1, -0.05) is 0 Å². The molecule has 98 valence electrons. The van der Waals surface area contributed by atoms with Gasteiger partial charge in [0.2, 0.25) is 5.91 Å². The van der Waals surface area contributed by atoms with Gasteiger partial charge >= 0.3 is 0 Å². The van der Waals surface area contributed by atoms with E-state index in [-0.39, 0.29) is 5.91 Å². The summed E-state index contributed by atoms with van der Waals surface area (Å²) in [5, 5.41) is 3.27. The van der Waals surface area contributed by atoms with Crippen LogP contribution in [0.3, 0.4) is 0 Å². The smallest absolute Gasteiger partial charge is 0.228 e. The minimum Gasteiger partial charge on any atom is -0.452 e. The number of nitrogens with zero attached hydrogens (tertiary/aromatic N) is 1. The molecule has 0 unspecified atom stereocenters. The summed E-state index contributed by atoms with van der Waals surface area (Å²) in [6, 6.07) is 11.6. The van der Waals surface area contributed by atoms with Crippen LogP contribution in [0.4, 0.5) is 11.4 Å². The van der Waals surface area contributed by atoms with Crippen molar-refractivity contribution in [2.24, 2.45) is 0 Å². The largest absolute Gasteiger partial charge is 0.452 e. The molecule has 4 nitrogen and oxygen atoms in total. The summed E-state index contributed by atoms with van der Waals surface area (Å²) in [5.74, 6) is 1.06. The first-order chi connectivity index (χ1) is 9.22. The topological polar surface area (TPSA) is 45.5 Å². The molecule has 0 spiro atoms. The second kappa shape index (κ2) is 5.09. The van der Waals surface area contributed by atoms with Crippen molar-refractivity contribution in [3.63, 3.8) is 0 Å². The zero-order valence-electron chi connectivity index (χ0n) is 10.2. The van der Waals surface area contributed by atoms with Gasteiger partial charge in [0.05, 0.1) is 6.54 Å². The van der Waals surface area contributed by atoms with E-state index in [9.17, 15) is 4.79 Å². The quantitative estimate of drug-likeness (QED) is 0.878. The SMILES string of the molecule is O=C1CCN1c1ccc(NCc2ccc(Br)o2)cc1. The first kappa shape index (κ1) is 12.3. The number of carbonyl (C=O) groups excluding carboxylic acids is 1. The van der Waals surface area contributed by atoms with Crippen molar-refractivity contribution in [1.82, 2.24) is 0 Å². The van der Waals surface area contributed by atoms with Gasteiger partial charge in [-0.2, -0.15) is 0 Å². The predicted octanol–water partition coefficient (Wildman–Crippen LogP) is 3.39. The van der Waals surface area contributed by atoms with Crippen LogP contribution in [0.15, 0.2) is 45.5 Å².